The first-order chi connectivity index (χ1) is 14.0. The van der Waals surface area contributed by atoms with E-state index in [-0.39, 0.29) is 19.6 Å². The molecule has 1 aromatic rings. The van der Waals surface area contributed by atoms with Gasteiger partial charge < -0.3 is 14.2 Å². The Labute approximate surface area is 179 Å². The largest absolute Gasteiger partial charge is 0.469 e. The van der Waals surface area contributed by atoms with Crippen LogP contribution in [0.15, 0.2) is 30.3 Å². The summed E-state index contributed by atoms with van der Waals surface area (Å²) in [6.07, 6.45) is -0.365. The SMILES string of the molecule is COC(=O)[C@@H]1CC(C)(C)N(C(=O)OCc2ccccc2)[C@@H]1C(=O)OCC[Si](C)(C)C. The molecule has 1 aliphatic rings. The van der Waals surface area contributed by atoms with Crippen molar-refractivity contribution >= 4 is 26.1 Å². The Morgan fingerprint density at radius 1 is 1.07 bits per heavy atom. The highest BCUT2D eigenvalue weighted by Crippen LogP contribution is 2.40. The Kier molecular flexibility index (Phi) is 7.68. The van der Waals surface area contributed by atoms with Gasteiger partial charge in [-0.2, -0.15) is 0 Å². The summed E-state index contributed by atoms with van der Waals surface area (Å²) < 4.78 is 15.9. The van der Waals surface area contributed by atoms with Gasteiger partial charge in [0.2, 0.25) is 0 Å². The summed E-state index contributed by atoms with van der Waals surface area (Å²) in [6, 6.07) is 9.02. The van der Waals surface area contributed by atoms with Gasteiger partial charge in [-0.15, -0.1) is 0 Å². The molecule has 1 aliphatic heterocycles. The minimum Gasteiger partial charge on any atom is -0.469 e. The third kappa shape index (κ3) is 6.07. The average molecular weight is 436 g/mol. The highest BCUT2D eigenvalue weighted by Gasteiger charge is 2.56. The molecule has 0 spiro atoms. The molecule has 0 unspecified atom stereocenters. The lowest BCUT2D eigenvalue weighted by Gasteiger charge is -2.34. The first kappa shape index (κ1) is 23.9. The van der Waals surface area contributed by atoms with Crippen LogP contribution in [0.5, 0.6) is 0 Å². The van der Waals surface area contributed by atoms with E-state index in [0.717, 1.165) is 11.6 Å². The Hall–Kier alpha value is -2.35. The van der Waals surface area contributed by atoms with Crippen molar-refractivity contribution in [3.63, 3.8) is 0 Å². The first-order valence-electron chi connectivity index (χ1n) is 10.2. The number of hydrogen-bond donors (Lipinski definition) is 0. The third-order valence-corrected chi connectivity index (χ3v) is 6.98. The topological polar surface area (TPSA) is 82.1 Å². The van der Waals surface area contributed by atoms with Crippen LogP contribution in [0.3, 0.4) is 0 Å². The number of amides is 1. The summed E-state index contributed by atoms with van der Waals surface area (Å²) in [4.78, 5) is 39.7. The van der Waals surface area contributed by atoms with E-state index >= 15 is 0 Å². The van der Waals surface area contributed by atoms with Crippen LogP contribution < -0.4 is 0 Å². The van der Waals surface area contributed by atoms with Crippen molar-refractivity contribution in [3.05, 3.63) is 35.9 Å². The second-order valence-corrected chi connectivity index (χ2v) is 15.1. The summed E-state index contributed by atoms with van der Waals surface area (Å²) >= 11 is 0. The highest BCUT2D eigenvalue weighted by molar-refractivity contribution is 6.76. The lowest BCUT2D eigenvalue weighted by molar-refractivity contribution is -0.157. The van der Waals surface area contributed by atoms with Gasteiger partial charge in [0.15, 0.2) is 0 Å². The van der Waals surface area contributed by atoms with E-state index in [0.29, 0.717) is 0 Å². The predicted molar refractivity (Wildman–Crippen MR) is 116 cm³/mol. The number of hydrogen-bond acceptors (Lipinski definition) is 6. The minimum atomic E-state index is -1.40. The standard InChI is InChI=1S/C22H33NO6Si/c1-22(2)14-17(19(24)27-3)18(20(25)28-12-13-30(4,5)6)23(22)21(26)29-15-16-10-8-7-9-11-16/h7-11,17-18H,12-15H2,1-6H3/t17-,18+/m1/s1. The Morgan fingerprint density at radius 2 is 1.70 bits per heavy atom. The first-order valence-corrected chi connectivity index (χ1v) is 13.9. The Balaban J connectivity index is 2.20. The fraction of sp³-hybridized carbons (Fsp3) is 0.591. The van der Waals surface area contributed by atoms with Crippen LogP contribution in [0.25, 0.3) is 0 Å². The van der Waals surface area contributed by atoms with Gasteiger partial charge in [0.25, 0.3) is 0 Å². The van der Waals surface area contributed by atoms with Crippen LogP contribution in [0.1, 0.15) is 25.8 Å². The molecule has 1 heterocycles. The molecule has 30 heavy (non-hydrogen) atoms. The maximum absolute atomic E-state index is 13.0. The van der Waals surface area contributed by atoms with E-state index in [1.807, 2.05) is 44.2 Å². The summed E-state index contributed by atoms with van der Waals surface area (Å²) in [5.74, 6) is -1.92. The van der Waals surface area contributed by atoms with E-state index in [4.69, 9.17) is 14.2 Å². The molecular weight excluding hydrogens is 402 g/mol. The molecule has 7 nitrogen and oxygen atoms in total. The number of nitrogens with zero attached hydrogens (tertiary/aromatic N) is 1. The van der Waals surface area contributed by atoms with Crippen molar-refractivity contribution in [2.24, 2.45) is 5.92 Å². The van der Waals surface area contributed by atoms with Gasteiger partial charge in [-0.3, -0.25) is 9.69 Å². The third-order valence-electron chi connectivity index (χ3n) is 5.27. The van der Waals surface area contributed by atoms with Crippen molar-refractivity contribution in [2.45, 2.75) is 64.1 Å². The summed E-state index contributed by atoms with van der Waals surface area (Å²) in [5.41, 5.74) is 0.0661. The monoisotopic (exact) mass is 435 g/mol. The van der Waals surface area contributed by atoms with E-state index in [1.165, 1.54) is 12.0 Å². The van der Waals surface area contributed by atoms with E-state index in [9.17, 15) is 14.4 Å². The van der Waals surface area contributed by atoms with Crippen LogP contribution in [0.2, 0.25) is 25.7 Å². The molecule has 2 rings (SSSR count). The lowest BCUT2D eigenvalue weighted by atomic mass is 9.94. The average Bonchev–Trinajstić information content (AvgIpc) is 2.96. The fourth-order valence-electron chi connectivity index (χ4n) is 3.63. The van der Waals surface area contributed by atoms with Gasteiger partial charge in [0.1, 0.15) is 12.6 Å². The molecule has 1 aromatic carbocycles. The molecular formula is C22H33NO6Si. The molecule has 0 radical (unpaired) electrons. The molecule has 0 aromatic heterocycles. The van der Waals surface area contributed by atoms with Crippen LogP contribution in [0.4, 0.5) is 4.79 Å². The van der Waals surface area contributed by atoms with Crippen molar-refractivity contribution < 1.29 is 28.6 Å². The molecule has 1 saturated heterocycles. The van der Waals surface area contributed by atoms with Crippen LogP contribution >= 0.6 is 0 Å². The zero-order valence-electron chi connectivity index (χ0n) is 18.8. The molecule has 1 amide bonds. The lowest BCUT2D eigenvalue weighted by Crippen LogP contribution is -2.52. The molecule has 0 saturated carbocycles. The van der Waals surface area contributed by atoms with Crippen molar-refractivity contribution in [2.75, 3.05) is 13.7 Å². The Bertz CT molecular complexity index is 759. The van der Waals surface area contributed by atoms with Gasteiger partial charge in [0.05, 0.1) is 19.6 Å². The number of rotatable bonds is 7. The molecule has 0 N–H and O–H groups in total. The number of carbonyl (C=O) groups excluding carboxylic acids is 3. The normalized spacial score (nSPS) is 20.5. The smallest absolute Gasteiger partial charge is 0.411 e. The van der Waals surface area contributed by atoms with Gasteiger partial charge in [-0.05, 0) is 31.9 Å². The maximum Gasteiger partial charge on any atom is 0.411 e. The molecule has 0 aliphatic carbocycles. The van der Waals surface area contributed by atoms with Gasteiger partial charge >= 0.3 is 18.0 Å². The van der Waals surface area contributed by atoms with Crippen LogP contribution in [0, 0.1) is 5.92 Å². The predicted octanol–water partition coefficient (Wildman–Crippen LogP) is 3.85. The van der Waals surface area contributed by atoms with Crippen molar-refractivity contribution in [1.82, 2.24) is 4.90 Å². The van der Waals surface area contributed by atoms with Gasteiger partial charge in [0, 0.05) is 13.6 Å². The number of esters is 2. The quantitative estimate of drug-likeness (QED) is 0.368. The van der Waals surface area contributed by atoms with Crippen molar-refractivity contribution in [3.8, 4) is 0 Å². The van der Waals surface area contributed by atoms with Gasteiger partial charge in [-0.1, -0.05) is 50.0 Å². The van der Waals surface area contributed by atoms with Crippen LogP contribution in [-0.2, 0) is 30.4 Å². The number of benzene rings is 1. The zero-order chi connectivity index (χ0) is 22.5. The van der Waals surface area contributed by atoms with E-state index < -0.39 is 43.6 Å². The van der Waals surface area contributed by atoms with E-state index in [2.05, 4.69) is 19.6 Å². The number of likely N-dealkylation sites (tertiary alicyclic amines) is 1. The highest BCUT2D eigenvalue weighted by atomic mass is 28.3. The Morgan fingerprint density at radius 3 is 2.27 bits per heavy atom. The molecule has 2 atom stereocenters. The fourth-order valence-corrected chi connectivity index (χ4v) is 4.35. The van der Waals surface area contributed by atoms with Crippen LogP contribution in [-0.4, -0.2) is 56.3 Å². The second-order valence-electron chi connectivity index (χ2n) is 9.48. The molecule has 166 valence electrons. The number of methoxy groups -OCH3 is 1. The molecule has 8 heteroatoms. The number of carbonyl (C=O) groups is 3. The number of ether oxygens (including phenoxy) is 3. The summed E-state index contributed by atoms with van der Waals surface area (Å²) in [7, 11) is -0.124. The second kappa shape index (κ2) is 9.64. The molecule has 0 bridgehead atoms. The van der Waals surface area contributed by atoms with Crippen molar-refractivity contribution in [1.29, 1.82) is 0 Å². The summed E-state index contributed by atoms with van der Waals surface area (Å²) in [5, 5.41) is 0. The molecule has 1 fully saturated rings. The maximum atomic E-state index is 13.0. The van der Waals surface area contributed by atoms with Gasteiger partial charge in [-0.25, -0.2) is 9.59 Å². The van der Waals surface area contributed by atoms with E-state index in [1.54, 1.807) is 0 Å². The minimum absolute atomic E-state index is 0.0759. The zero-order valence-corrected chi connectivity index (χ0v) is 19.8. The summed E-state index contributed by atoms with van der Waals surface area (Å²) in [6.45, 7) is 10.5.